The van der Waals surface area contributed by atoms with Crippen LogP contribution in [0.3, 0.4) is 0 Å². The molecule has 0 saturated heterocycles. The van der Waals surface area contributed by atoms with Crippen LogP contribution in [0.15, 0.2) is 24.3 Å². The van der Waals surface area contributed by atoms with Gasteiger partial charge >= 0.3 is 5.97 Å². The van der Waals surface area contributed by atoms with Crippen LogP contribution in [-0.4, -0.2) is 28.2 Å². The maximum Gasteiger partial charge on any atom is 0.307 e. The highest BCUT2D eigenvalue weighted by Crippen LogP contribution is 2.40. The molecular weight excluding hydrogens is 246 g/mol. The molecule has 100 valence electrons. The maximum absolute atomic E-state index is 11.9. The summed E-state index contributed by atoms with van der Waals surface area (Å²) in [6.07, 6.45) is 0.281. The molecular formula is C14H15NO4. The van der Waals surface area contributed by atoms with Crippen LogP contribution in [-0.2, 0) is 16.0 Å². The number of carboxylic acids is 1. The van der Waals surface area contributed by atoms with E-state index in [4.69, 9.17) is 5.11 Å². The van der Waals surface area contributed by atoms with Crippen LogP contribution in [0.25, 0.3) is 0 Å². The van der Waals surface area contributed by atoms with E-state index in [9.17, 15) is 14.7 Å². The first-order valence-electron chi connectivity index (χ1n) is 6.37. The molecule has 0 spiro atoms. The van der Waals surface area contributed by atoms with Gasteiger partial charge in [-0.3, -0.25) is 9.59 Å². The van der Waals surface area contributed by atoms with Crippen molar-refractivity contribution in [2.24, 2.45) is 11.8 Å². The number of nitrogens with one attached hydrogen (secondary N) is 1. The molecule has 5 heteroatoms. The van der Waals surface area contributed by atoms with E-state index in [1.54, 1.807) is 0 Å². The first-order chi connectivity index (χ1) is 9.08. The largest absolute Gasteiger partial charge is 0.481 e. The molecule has 4 atom stereocenters. The molecule has 2 aliphatic rings. The van der Waals surface area contributed by atoms with Gasteiger partial charge in [0.25, 0.3) is 0 Å². The number of carbonyl (C=O) groups is 2. The molecule has 3 rings (SSSR count). The Hall–Kier alpha value is -1.88. The molecule has 2 aliphatic carbocycles. The molecule has 0 aromatic heterocycles. The van der Waals surface area contributed by atoms with E-state index < -0.39 is 30.0 Å². The lowest BCUT2D eigenvalue weighted by atomic mass is 10.1. The van der Waals surface area contributed by atoms with Crippen LogP contribution in [0.5, 0.6) is 0 Å². The number of carboxylic acid groups (broad SMARTS) is 1. The zero-order valence-electron chi connectivity index (χ0n) is 10.2. The van der Waals surface area contributed by atoms with Gasteiger partial charge in [0.2, 0.25) is 5.91 Å². The summed E-state index contributed by atoms with van der Waals surface area (Å²) in [5.74, 6) is -2.20. The van der Waals surface area contributed by atoms with E-state index in [1.165, 1.54) is 0 Å². The number of hydrogen-bond acceptors (Lipinski definition) is 3. The summed E-state index contributed by atoms with van der Waals surface area (Å²) in [6, 6.07) is 7.17. The van der Waals surface area contributed by atoms with Crippen LogP contribution in [0.1, 0.15) is 23.6 Å². The summed E-state index contributed by atoms with van der Waals surface area (Å²) < 4.78 is 0. The number of rotatable bonds is 3. The van der Waals surface area contributed by atoms with Gasteiger partial charge in [0.15, 0.2) is 0 Å². The number of benzene rings is 1. The van der Waals surface area contributed by atoms with E-state index in [2.05, 4.69) is 5.32 Å². The molecule has 0 unspecified atom stereocenters. The Labute approximate surface area is 110 Å². The third-order valence-corrected chi connectivity index (χ3v) is 3.95. The van der Waals surface area contributed by atoms with Crippen molar-refractivity contribution in [2.45, 2.75) is 25.0 Å². The summed E-state index contributed by atoms with van der Waals surface area (Å²) in [6.45, 7) is 0. The lowest BCUT2D eigenvalue weighted by molar-refractivity contribution is -0.140. The van der Waals surface area contributed by atoms with Crippen molar-refractivity contribution in [2.75, 3.05) is 0 Å². The molecule has 1 fully saturated rings. The lowest BCUT2D eigenvalue weighted by Crippen LogP contribution is -2.35. The fourth-order valence-corrected chi connectivity index (χ4v) is 2.77. The van der Waals surface area contributed by atoms with Crippen LogP contribution in [0.2, 0.25) is 0 Å². The Morgan fingerprint density at radius 1 is 1.21 bits per heavy atom. The number of aliphatic hydroxyl groups is 1. The van der Waals surface area contributed by atoms with Gasteiger partial charge in [-0.1, -0.05) is 24.3 Å². The maximum atomic E-state index is 11.9. The van der Waals surface area contributed by atoms with Gasteiger partial charge in [-0.2, -0.15) is 0 Å². The molecule has 0 bridgehead atoms. The van der Waals surface area contributed by atoms with Crippen molar-refractivity contribution < 1.29 is 19.8 Å². The zero-order chi connectivity index (χ0) is 13.6. The van der Waals surface area contributed by atoms with Gasteiger partial charge in [-0.15, -0.1) is 0 Å². The van der Waals surface area contributed by atoms with Crippen LogP contribution < -0.4 is 5.32 Å². The number of aliphatic carboxylic acids is 1. The predicted molar refractivity (Wildman–Crippen MR) is 66.3 cm³/mol. The summed E-state index contributed by atoms with van der Waals surface area (Å²) in [5.41, 5.74) is 1.96. The van der Waals surface area contributed by atoms with Gasteiger partial charge in [-0.25, -0.2) is 0 Å². The van der Waals surface area contributed by atoms with Crippen molar-refractivity contribution in [3.05, 3.63) is 35.4 Å². The van der Waals surface area contributed by atoms with Gasteiger partial charge in [0.05, 0.1) is 24.0 Å². The minimum Gasteiger partial charge on any atom is -0.481 e. The number of fused-ring (bicyclic) bond motifs is 1. The fraction of sp³-hybridized carbons (Fsp3) is 0.429. The fourth-order valence-electron chi connectivity index (χ4n) is 2.77. The SMILES string of the molecule is O=C(O)[C@H]1C[C@H]1C(=O)N[C@H]1c2ccccc2C[C@H]1O. The Bertz CT molecular complexity index is 542. The van der Waals surface area contributed by atoms with Crippen LogP contribution in [0.4, 0.5) is 0 Å². The Morgan fingerprint density at radius 3 is 2.63 bits per heavy atom. The summed E-state index contributed by atoms with van der Waals surface area (Å²) >= 11 is 0. The van der Waals surface area contributed by atoms with Crippen molar-refractivity contribution in [1.29, 1.82) is 0 Å². The normalized spacial score (nSPS) is 31.6. The molecule has 1 saturated carbocycles. The quantitative estimate of drug-likeness (QED) is 0.738. The average Bonchev–Trinajstić information content (AvgIpc) is 3.12. The first-order valence-corrected chi connectivity index (χ1v) is 6.37. The molecule has 0 aliphatic heterocycles. The van der Waals surface area contributed by atoms with Crippen LogP contribution >= 0.6 is 0 Å². The first kappa shape index (κ1) is 12.2. The Kier molecular flexibility index (Phi) is 2.78. The smallest absolute Gasteiger partial charge is 0.307 e. The van der Waals surface area contributed by atoms with Gasteiger partial charge in [0.1, 0.15) is 0 Å². The zero-order valence-corrected chi connectivity index (χ0v) is 10.2. The minimum atomic E-state index is -0.924. The standard InChI is InChI=1S/C14H15NO4/c16-11-5-7-3-1-2-4-8(7)12(11)15-13(17)9-6-10(9)14(18)19/h1-4,9-12,16H,5-6H2,(H,15,17)(H,18,19)/t9-,10+,11-,12+/m1/s1. The van der Waals surface area contributed by atoms with Crippen molar-refractivity contribution in [3.63, 3.8) is 0 Å². The van der Waals surface area contributed by atoms with Crippen molar-refractivity contribution in [3.8, 4) is 0 Å². The van der Waals surface area contributed by atoms with E-state index in [0.29, 0.717) is 12.8 Å². The average molecular weight is 261 g/mol. The predicted octanol–water partition coefficient (Wildman–Crippen LogP) is 0.482. The van der Waals surface area contributed by atoms with Crippen molar-refractivity contribution >= 4 is 11.9 Å². The lowest BCUT2D eigenvalue weighted by Gasteiger charge is -2.17. The molecule has 1 amide bonds. The number of aliphatic hydroxyl groups excluding tert-OH is 1. The number of carbonyl (C=O) groups excluding carboxylic acids is 1. The Morgan fingerprint density at radius 2 is 1.95 bits per heavy atom. The number of hydrogen-bond donors (Lipinski definition) is 3. The topological polar surface area (TPSA) is 86.6 Å². The highest BCUT2D eigenvalue weighted by atomic mass is 16.4. The number of amides is 1. The van der Waals surface area contributed by atoms with E-state index in [1.807, 2.05) is 24.3 Å². The molecule has 3 N–H and O–H groups in total. The minimum absolute atomic E-state index is 0.270. The van der Waals surface area contributed by atoms with E-state index >= 15 is 0 Å². The second-order valence-corrected chi connectivity index (χ2v) is 5.24. The van der Waals surface area contributed by atoms with E-state index in [-0.39, 0.29) is 5.91 Å². The second kappa shape index (κ2) is 4.35. The van der Waals surface area contributed by atoms with E-state index in [0.717, 1.165) is 11.1 Å². The summed E-state index contributed by atoms with van der Waals surface area (Å²) in [5, 5.41) is 21.6. The molecule has 19 heavy (non-hydrogen) atoms. The second-order valence-electron chi connectivity index (χ2n) is 5.24. The molecule has 5 nitrogen and oxygen atoms in total. The van der Waals surface area contributed by atoms with Gasteiger partial charge in [-0.05, 0) is 17.5 Å². The highest BCUT2D eigenvalue weighted by Gasteiger charge is 2.49. The van der Waals surface area contributed by atoms with Crippen LogP contribution in [0, 0.1) is 11.8 Å². The molecule has 0 heterocycles. The third kappa shape index (κ3) is 2.10. The third-order valence-electron chi connectivity index (χ3n) is 3.95. The van der Waals surface area contributed by atoms with Gasteiger partial charge < -0.3 is 15.5 Å². The highest BCUT2D eigenvalue weighted by molar-refractivity contribution is 5.89. The molecule has 0 radical (unpaired) electrons. The van der Waals surface area contributed by atoms with Gasteiger partial charge in [0, 0.05) is 6.42 Å². The Balaban J connectivity index is 1.71. The molecule has 1 aromatic carbocycles. The molecule has 1 aromatic rings. The van der Waals surface area contributed by atoms with Crippen molar-refractivity contribution in [1.82, 2.24) is 5.32 Å². The summed E-state index contributed by atoms with van der Waals surface area (Å²) in [4.78, 5) is 22.7. The monoisotopic (exact) mass is 261 g/mol. The summed E-state index contributed by atoms with van der Waals surface area (Å²) in [7, 11) is 0.